The first kappa shape index (κ1) is 16.9. The van der Waals surface area contributed by atoms with Crippen molar-refractivity contribution in [1.29, 1.82) is 0 Å². The summed E-state index contributed by atoms with van der Waals surface area (Å²) < 4.78 is 0. The summed E-state index contributed by atoms with van der Waals surface area (Å²) in [5, 5.41) is 3.16. The van der Waals surface area contributed by atoms with Crippen LogP contribution in [0.15, 0.2) is 18.2 Å². The van der Waals surface area contributed by atoms with Gasteiger partial charge < -0.3 is 40.8 Å². The van der Waals surface area contributed by atoms with Gasteiger partial charge in [0.05, 0.1) is 20.6 Å². The minimum Gasteiger partial charge on any atom is -1.00 e. The molecule has 0 aliphatic heterocycles. The summed E-state index contributed by atoms with van der Waals surface area (Å²) in [5.41, 5.74) is 7.64. The number of hydrogen-bond donors (Lipinski definition) is 3. The molecule has 0 aliphatic carbocycles. The lowest BCUT2D eigenvalue weighted by Gasteiger charge is -2.10. The molecule has 0 atom stereocenters. The molecule has 1 aromatic rings. The third kappa shape index (κ3) is 4.71. The second kappa shape index (κ2) is 7.77. The maximum absolute atomic E-state index is 3.89. The molecule has 0 saturated carbocycles. The molecule has 0 bridgehead atoms. The molecule has 0 amide bonds. The fraction of sp³-hybridized carbons (Fsp3) is 0.400. The van der Waals surface area contributed by atoms with E-state index in [1.54, 1.807) is 0 Å². The Labute approximate surface area is 104 Å². The number of quaternary nitrogens is 2. The quantitative estimate of drug-likeness (QED) is 0.492. The first-order valence-corrected chi connectivity index (χ1v) is 4.59. The topological polar surface area (TPSA) is 44.1 Å². The minimum absolute atomic E-state index is 0. The molecule has 0 spiro atoms. The summed E-state index contributed by atoms with van der Waals surface area (Å²) in [6.07, 6.45) is 0. The predicted molar refractivity (Wildman–Crippen MR) is 55.1 cm³/mol. The Bertz CT molecular complexity index is 268. The SMILES string of the molecule is CNc1cc(C[NH3+])cc([NH+](C)C)c1.[Cl-].[Cl-]. The average Bonchev–Trinajstić information content (AvgIpc) is 2.16. The van der Waals surface area contributed by atoms with E-state index in [0.717, 1.165) is 12.2 Å². The Hall–Kier alpha value is -0.480. The highest BCUT2D eigenvalue weighted by Crippen LogP contribution is 2.14. The van der Waals surface area contributed by atoms with Crippen LogP contribution in [0.4, 0.5) is 11.4 Å². The highest BCUT2D eigenvalue weighted by molar-refractivity contribution is 5.53. The van der Waals surface area contributed by atoms with E-state index >= 15 is 0 Å². The second-order valence-corrected chi connectivity index (χ2v) is 3.42. The number of anilines is 1. The highest BCUT2D eigenvalue weighted by atomic mass is 35.5. The van der Waals surface area contributed by atoms with Gasteiger partial charge in [-0.05, 0) is 6.07 Å². The normalized spacial score (nSPS) is 9.13. The van der Waals surface area contributed by atoms with Crippen molar-refractivity contribution in [2.24, 2.45) is 0 Å². The van der Waals surface area contributed by atoms with Crippen LogP contribution in [0.3, 0.4) is 0 Å². The minimum atomic E-state index is 0. The smallest absolute Gasteiger partial charge is 0.133 e. The molecule has 15 heavy (non-hydrogen) atoms. The number of halogens is 2. The van der Waals surface area contributed by atoms with Crippen molar-refractivity contribution < 1.29 is 35.4 Å². The van der Waals surface area contributed by atoms with E-state index in [1.165, 1.54) is 16.2 Å². The number of hydrogen-bond acceptors (Lipinski definition) is 1. The third-order valence-electron chi connectivity index (χ3n) is 2.15. The molecular weight excluding hydrogens is 233 g/mol. The van der Waals surface area contributed by atoms with Gasteiger partial charge in [-0.25, -0.2) is 0 Å². The Morgan fingerprint density at radius 1 is 1.20 bits per heavy atom. The molecule has 5 N–H and O–H groups in total. The average molecular weight is 252 g/mol. The molecule has 3 nitrogen and oxygen atoms in total. The van der Waals surface area contributed by atoms with Crippen LogP contribution in [0.1, 0.15) is 5.56 Å². The van der Waals surface area contributed by atoms with Crippen LogP contribution in [0.5, 0.6) is 0 Å². The van der Waals surface area contributed by atoms with E-state index < -0.39 is 0 Å². The Morgan fingerprint density at radius 3 is 2.20 bits per heavy atom. The maximum atomic E-state index is 3.89. The van der Waals surface area contributed by atoms with Crippen LogP contribution in [0.25, 0.3) is 0 Å². The molecule has 0 radical (unpaired) electrons. The lowest BCUT2D eigenvalue weighted by Crippen LogP contribution is -3.00. The molecule has 5 heteroatoms. The lowest BCUT2D eigenvalue weighted by atomic mass is 10.1. The molecule has 1 rings (SSSR count). The van der Waals surface area contributed by atoms with Crippen molar-refractivity contribution in [3.8, 4) is 0 Å². The van der Waals surface area contributed by atoms with Gasteiger partial charge in [0.2, 0.25) is 0 Å². The number of nitrogens with one attached hydrogen (secondary N) is 2. The van der Waals surface area contributed by atoms with E-state index in [2.05, 4.69) is 43.3 Å². The summed E-state index contributed by atoms with van der Waals surface area (Å²) in [4.78, 5) is 1.34. The fourth-order valence-corrected chi connectivity index (χ4v) is 1.27. The van der Waals surface area contributed by atoms with Gasteiger partial charge in [0.1, 0.15) is 5.69 Å². The summed E-state index contributed by atoms with van der Waals surface area (Å²) in [5.74, 6) is 0. The zero-order valence-corrected chi connectivity index (χ0v) is 10.9. The summed E-state index contributed by atoms with van der Waals surface area (Å²) in [7, 11) is 6.19. The lowest BCUT2D eigenvalue weighted by molar-refractivity contribution is -0.786. The van der Waals surface area contributed by atoms with Gasteiger partial charge in [-0.1, -0.05) is 0 Å². The van der Waals surface area contributed by atoms with Crippen molar-refractivity contribution >= 4 is 11.4 Å². The Balaban J connectivity index is 0. The van der Waals surface area contributed by atoms with Crippen LogP contribution in [-0.2, 0) is 6.54 Å². The van der Waals surface area contributed by atoms with E-state index in [-0.39, 0.29) is 24.8 Å². The fourth-order valence-electron chi connectivity index (χ4n) is 1.27. The zero-order valence-electron chi connectivity index (χ0n) is 9.40. The second-order valence-electron chi connectivity index (χ2n) is 3.42. The van der Waals surface area contributed by atoms with Crippen molar-refractivity contribution in [3.05, 3.63) is 23.8 Å². The predicted octanol–water partition coefficient (Wildman–Crippen LogP) is -6.75. The first-order chi connectivity index (χ1) is 6.17. The summed E-state index contributed by atoms with van der Waals surface area (Å²) in [6, 6.07) is 6.50. The van der Waals surface area contributed by atoms with Gasteiger partial charge in [-0.15, -0.1) is 0 Å². The van der Waals surface area contributed by atoms with Crippen LogP contribution in [0, 0.1) is 0 Å². The molecule has 1 aromatic carbocycles. The molecule has 0 saturated heterocycles. The molecule has 0 aromatic heterocycles. The van der Waals surface area contributed by atoms with Crippen molar-refractivity contribution in [1.82, 2.24) is 0 Å². The summed E-state index contributed by atoms with van der Waals surface area (Å²) >= 11 is 0. The van der Waals surface area contributed by atoms with Crippen LogP contribution in [0.2, 0.25) is 0 Å². The molecule has 88 valence electrons. The zero-order chi connectivity index (χ0) is 9.84. The standard InChI is InChI=1S/C10H17N3.2ClH/c1-12-9-4-8(7-11)5-10(6-9)13(2)3;;/h4-6,12H,7,11H2,1-3H3;2*1H. The third-order valence-corrected chi connectivity index (χ3v) is 2.15. The molecule has 0 fully saturated rings. The number of rotatable bonds is 3. The van der Waals surface area contributed by atoms with Crippen molar-refractivity contribution in [3.63, 3.8) is 0 Å². The van der Waals surface area contributed by atoms with Gasteiger partial charge in [0.25, 0.3) is 0 Å². The van der Waals surface area contributed by atoms with Gasteiger partial charge in [0, 0.05) is 30.4 Å². The largest absolute Gasteiger partial charge is 1.00 e. The van der Waals surface area contributed by atoms with E-state index in [1.807, 2.05) is 7.05 Å². The van der Waals surface area contributed by atoms with E-state index in [0.29, 0.717) is 0 Å². The molecule has 0 unspecified atom stereocenters. The first-order valence-electron chi connectivity index (χ1n) is 4.59. The Kier molecular flexibility index (Phi) is 8.77. The van der Waals surface area contributed by atoms with Gasteiger partial charge in [-0.2, -0.15) is 0 Å². The maximum Gasteiger partial charge on any atom is 0.133 e. The van der Waals surface area contributed by atoms with E-state index in [4.69, 9.17) is 0 Å². The molecule has 0 aliphatic rings. The van der Waals surface area contributed by atoms with Crippen molar-refractivity contribution in [2.45, 2.75) is 6.54 Å². The Morgan fingerprint density at radius 2 is 1.80 bits per heavy atom. The van der Waals surface area contributed by atoms with Crippen LogP contribution >= 0.6 is 0 Å². The highest BCUT2D eigenvalue weighted by Gasteiger charge is 2.04. The van der Waals surface area contributed by atoms with E-state index in [9.17, 15) is 0 Å². The monoisotopic (exact) mass is 251 g/mol. The van der Waals surface area contributed by atoms with Crippen molar-refractivity contribution in [2.75, 3.05) is 26.5 Å². The van der Waals surface area contributed by atoms with Crippen LogP contribution in [-0.4, -0.2) is 21.1 Å². The van der Waals surface area contributed by atoms with Crippen LogP contribution < -0.4 is 40.8 Å². The molecular formula is C10H19Cl2N3. The van der Waals surface area contributed by atoms with Gasteiger partial charge >= 0.3 is 0 Å². The molecule has 0 heterocycles. The van der Waals surface area contributed by atoms with Gasteiger partial charge in [-0.3, -0.25) is 0 Å². The summed E-state index contributed by atoms with van der Waals surface area (Å²) in [6.45, 7) is 0.843. The van der Waals surface area contributed by atoms with Gasteiger partial charge in [0.15, 0.2) is 0 Å². The number of benzene rings is 1.